The molecule has 2 saturated heterocycles. The van der Waals surface area contributed by atoms with Crippen molar-refractivity contribution in [3.05, 3.63) is 34.2 Å². The van der Waals surface area contributed by atoms with Crippen LogP contribution >= 0.6 is 11.3 Å². The van der Waals surface area contributed by atoms with Crippen LogP contribution in [0.15, 0.2) is 18.2 Å². The third-order valence-electron chi connectivity index (χ3n) is 5.65. The molecule has 5 rings (SSSR count). The number of likely N-dealkylation sites (tertiary alicyclic amines) is 1. The summed E-state index contributed by atoms with van der Waals surface area (Å²) in [5.74, 6) is -0.0847. The van der Waals surface area contributed by atoms with Gasteiger partial charge in [0, 0.05) is 36.8 Å². The van der Waals surface area contributed by atoms with Crippen molar-refractivity contribution < 1.29 is 19.1 Å². The summed E-state index contributed by atoms with van der Waals surface area (Å²) in [7, 11) is 1.71. The number of hydrogen-bond donors (Lipinski definition) is 1. The molecule has 0 unspecified atom stereocenters. The number of likely N-dealkylation sites (N-methyl/N-ethyl adjacent to an activating group) is 1. The van der Waals surface area contributed by atoms with Crippen LogP contribution in [0, 0.1) is 0 Å². The maximum absolute atomic E-state index is 13.0. The number of carbonyl (C=O) groups excluding carboxylic acids is 3. The van der Waals surface area contributed by atoms with E-state index in [1.54, 1.807) is 16.8 Å². The van der Waals surface area contributed by atoms with Gasteiger partial charge in [-0.05, 0) is 35.6 Å². The summed E-state index contributed by atoms with van der Waals surface area (Å²) < 4.78 is 6.56. The van der Waals surface area contributed by atoms with Crippen LogP contribution in [0.25, 0.3) is 10.1 Å². The standard InChI is InChI=1S/C19H19N3O4S/c1-21-9-19(26-18(21)25)5-7-22(10-19)17(24)11-2-3-14-13(8-11)12-4-6-20-16(23)15(12)27-14/h2-3,8H,4-7,9-10H2,1H3,(H,20,23)/t19-/m0/s1. The second kappa shape index (κ2) is 5.69. The van der Waals surface area contributed by atoms with Crippen molar-refractivity contribution in [3.8, 4) is 0 Å². The van der Waals surface area contributed by atoms with Crippen LogP contribution in [0.4, 0.5) is 4.79 Å². The molecule has 8 heteroatoms. The van der Waals surface area contributed by atoms with Crippen molar-refractivity contribution in [2.75, 3.05) is 33.2 Å². The Morgan fingerprint density at radius 1 is 1.30 bits per heavy atom. The number of thiophene rings is 1. The first kappa shape index (κ1) is 16.6. The zero-order valence-corrected chi connectivity index (χ0v) is 15.7. The van der Waals surface area contributed by atoms with Gasteiger partial charge < -0.3 is 19.9 Å². The molecule has 1 N–H and O–H groups in total. The Kier molecular flexibility index (Phi) is 3.49. The van der Waals surface area contributed by atoms with Crippen LogP contribution in [-0.4, -0.2) is 66.5 Å². The van der Waals surface area contributed by atoms with Crippen LogP contribution in [0.5, 0.6) is 0 Å². The van der Waals surface area contributed by atoms with E-state index in [-0.39, 0.29) is 17.9 Å². The number of fused-ring (bicyclic) bond motifs is 3. The summed E-state index contributed by atoms with van der Waals surface area (Å²) in [6, 6.07) is 5.65. The highest BCUT2D eigenvalue weighted by molar-refractivity contribution is 7.21. The van der Waals surface area contributed by atoms with Gasteiger partial charge in [-0.2, -0.15) is 0 Å². The average molecular weight is 385 g/mol. The van der Waals surface area contributed by atoms with Gasteiger partial charge in [0.15, 0.2) is 5.60 Å². The fourth-order valence-electron chi connectivity index (χ4n) is 4.30. The highest BCUT2D eigenvalue weighted by Gasteiger charge is 2.49. The van der Waals surface area contributed by atoms with Crippen LogP contribution in [0.1, 0.15) is 32.0 Å². The SMILES string of the molecule is CN1C[C@]2(CCN(C(=O)c3ccc4sc5c(c4c3)CCNC5=O)C2)OC1=O. The van der Waals surface area contributed by atoms with Crippen molar-refractivity contribution >= 4 is 39.3 Å². The molecule has 1 aromatic heterocycles. The topological polar surface area (TPSA) is 78.9 Å². The van der Waals surface area contributed by atoms with E-state index in [1.165, 1.54) is 11.3 Å². The molecular formula is C19H19N3O4S. The Bertz CT molecular complexity index is 1000. The minimum Gasteiger partial charge on any atom is -0.439 e. The fourth-order valence-corrected chi connectivity index (χ4v) is 5.45. The number of nitrogens with zero attached hydrogens (tertiary/aromatic N) is 2. The van der Waals surface area contributed by atoms with Crippen molar-refractivity contribution in [3.63, 3.8) is 0 Å². The Balaban J connectivity index is 1.43. The van der Waals surface area contributed by atoms with Gasteiger partial charge >= 0.3 is 6.09 Å². The molecule has 2 fully saturated rings. The molecule has 1 atom stereocenters. The molecule has 1 spiro atoms. The van der Waals surface area contributed by atoms with Crippen molar-refractivity contribution in [2.45, 2.75) is 18.4 Å². The van der Waals surface area contributed by atoms with E-state index in [0.29, 0.717) is 38.2 Å². The monoisotopic (exact) mass is 385 g/mol. The fraction of sp³-hybridized carbons (Fsp3) is 0.421. The van der Waals surface area contributed by atoms with Crippen LogP contribution in [0.3, 0.4) is 0 Å². The van der Waals surface area contributed by atoms with E-state index in [1.807, 2.05) is 18.2 Å². The molecule has 7 nitrogen and oxygen atoms in total. The molecule has 0 aliphatic carbocycles. The summed E-state index contributed by atoms with van der Waals surface area (Å²) in [5.41, 5.74) is 1.08. The molecule has 0 bridgehead atoms. The Hall–Kier alpha value is -2.61. The van der Waals surface area contributed by atoms with Crippen LogP contribution in [-0.2, 0) is 11.2 Å². The highest BCUT2D eigenvalue weighted by Crippen LogP contribution is 2.35. The van der Waals surface area contributed by atoms with E-state index >= 15 is 0 Å². The van der Waals surface area contributed by atoms with Crippen LogP contribution < -0.4 is 5.32 Å². The van der Waals surface area contributed by atoms with Gasteiger partial charge in [0.25, 0.3) is 11.8 Å². The first-order valence-corrected chi connectivity index (χ1v) is 9.84. The maximum Gasteiger partial charge on any atom is 0.410 e. The molecule has 0 saturated carbocycles. The predicted molar refractivity (Wildman–Crippen MR) is 100 cm³/mol. The molecule has 3 aliphatic rings. The molecule has 140 valence electrons. The molecule has 4 heterocycles. The van der Waals surface area contributed by atoms with E-state index in [4.69, 9.17) is 4.74 Å². The van der Waals surface area contributed by atoms with Crippen molar-refractivity contribution in [1.82, 2.24) is 15.1 Å². The summed E-state index contributed by atoms with van der Waals surface area (Å²) in [6.07, 6.45) is 1.12. The zero-order chi connectivity index (χ0) is 18.8. The lowest BCUT2D eigenvalue weighted by Crippen LogP contribution is -2.39. The predicted octanol–water partition coefficient (Wildman–Crippen LogP) is 1.85. The van der Waals surface area contributed by atoms with Gasteiger partial charge in [-0.1, -0.05) is 0 Å². The molecule has 1 aromatic carbocycles. The highest BCUT2D eigenvalue weighted by atomic mass is 32.1. The van der Waals surface area contributed by atoms with Gasteiger partial charge in [-0.3, -0.25) is 9.59 Å². The quantitative estimate of drug-likeness (QED) is 0.813. The lowest BCUT2D eigenvalue weighted by atomic mass is 10.0. The molecule has 3 aliphatic heterocycles. The summed E-state index contributed by atoms with van der Waals surface area (Å²) in [6.45, 7) is 2.14. The lowest BCUT2D eigenvalue weighted by molar-refractivity contribution is 0.0553. The number of benzene rings is 1. The average Bonchev–Trinajstić information content (AvgIpc) is 3.31. The molecule has 0 radical (unpaired) electrons. The first-order valence-electron chi connectivity index (χ1n) is 9.03. The number of hydrogen-bond acceptors (Lipinski definition) is 5. The maximum atomic E-state index is 13.0. The second-order valence-electron chi connectivity index (χ2n) is 7.51. The summed E-state index contributed by atoms with van der Waals surface area (Å²) in [4.78, 5) is 40.9. The Morgan fingerprint density at radius 3 is 2.93 bits per heavy atom. The largest absolute Gasteiger partial charge is 0.439 e. The molecular weight excluding hydrogens is 366 g/mol. The van der Waals surface area contributed by atoms with E-state index < -0.39 is 5.60 Å². The molecule has 3 amide bonds. The van der Waals surface area contributed by atoms with Gasteiger partial charge in [-0.15, -0.1) is 11.3 Å². The molecule has 27 heavy (non-hydrogen) atoms. The first-order chi connectivity index (χ1) is 13.0. The zero-order valence-electron chi connectivity index (χ0n) is 14.9. The smallest absolute Gasteiger partial charge is 0.410 e. The van der Waals surface area contributed by atoms with Crippen molar-refractivity contribution in [1.29, 1.82) is 0 Å². The number of nitrogens with one attached hydrogen (secondary N) is 1. The van der Waals surface area contributed by atoms with Gasteiger partial charge in [0.1, 0.15) is 0 Å². The summed E-state index contributed by atoms with van der Waals surface area (Å²) in [5, 5.41) is 3.86. The normalized spacial score (nSPS) is 24.5. The van der Waals surface area contributed by atoms with E-state index in [0.717, 1.165) is 26.9 Å². The van der Waals surface area contributed by atoms with Gasteiger partial charge in [0.05, 0.1) is 18.0 Å². The summed E-state index contributed by atoms with van der Waals surface area (Å²) >= 11 is 1.48. The third kappa shape index (κ3) is 2.50. The molecule has 2 aromatic rings. The van der Waals surface area contributed by atoms with E-state index in [9.17, 15) is 14.4 Å². The van der Waals surface area contributed by atoms with Crippen molar-refractivity contribution in [2.24, 2.45) is 0 Å². The van der Waals surface area contributed by atoms with Gasteiger partial charge in [0.2, 0.25) is 0 Å². The van der Waals surface area contributed by atoms with E-state index in [2.05, 4.69) is 5.32 Å². The third-order valence-corrected chi connectivity index (χ3v) is 6.86. The number of carbonyl (C=O) groups is 3. The Labute approximate surface area is 159 Å². The van der Waals surface area contributed by atoms with Crippen LogP contribution in [0.2, 0.25) is 0 Å². The second-order valence-corrected chi connectivity index (χ2v) is 8.56. The van der Waals surface area contributed by atoms with Gasteiger partial charge in [-0.25, -0.2) is 4.79 Å². The minimum absolute atomic E-state index is 0.0287. The Morgan fingerprint density at radius 2 is 2.15 bits per heavy atom. The minimum atomic E-state index is -0.578. The number of ether oxygens (including phenoxy) is 1. The number of rotatable bonds is 1. The lowest BCUT2D eigenvalue weighted by Gasteiger charge is -2.22. The number of amides is 3.